The van der Waals surface area contributed by atoms with Gasteiger partial charge in [-0.3, -0.25) is 0 Å². The molecule has 0 aromatic heterocycles. The van der Waals surface area contributed by atoms with E-state index in [0.29, 0.717) is 5.92 Å². The van der Waals surface area contributed by atoms with Crippen LogP contribution in [-0.4, -0.2) is 25.3 Å². The van der Waals surface area contributed by atoms with Crippen molar-refractivity contribution in [3.8, 4) is 0 Å². The molecule has 1 aromatic rings. The Morgan fingerprint density at radius 2 is 2.05 bits per heavy atom. The van der Waals surface area contributed by atoms with E-state index < -0.39 is 0 Å². The number of halogens is 1. The van der Waals surface area contributed by atoms with E-state index in [1.165, 1.54) is 5.56 Å². The predicted molar refractivity (Wildman–Crippen MR) is 90.2 cm³/mol. The summed E-state index contributed by atoms with van der Waals surface area (Å²) >= 11 is 3.55. The Hall–Kier alpha value is -0.380. The average Bonchev–Trinajstić information content (AvgIpc) is 2.35. The Balaban J connectivity index is 2.56. The second kappa shape index (κ2) is 8.81. The molecule has 1 aromatic carbocycles. The maximum absolute atomic E-state index is 5.52. The molecule has 0 saturated heterocycles. The van der Waals surface area contributed by atoms with Crippen LogP contribution in [0.1, 0.15) is 39.7 Å². The fraction of sp³-hybridized carbons (Fsp3) is 0.647. The van der Waals surface area contributed by atoms with E-state index in [9.17, 15) is 0 Å². The highest BCUT2D eigenvalue weighted by Crippen LogP contribution is 2.17. The highest BCUT2D eigenvalue weighted by atomic mass is 79.9. The van der Waals surface area contributed by atoms with E-state index in [4.69, 9.17) is 4.74 Å². The molecule has 0 aliphatic carbocycles. The average molecular weight is 342 g/mol. The first-order chi connectivity index (χ1) is 9.40. The summed E-state index contributed by atoms with van der Waals surface area (Å²) in [6, 6.07) is 8.60. The summed E-state index contributed by atoms with van der Waals surface area (Å²) in [5, 5.41) is 3.62. The number of ether oxygens (including phenoxy) is 1. The van der Waals surface area contributed by atoms with E-state index in [-0.39, 0.29) is 5.54 Å². The van der Waals surface area contributed by atoms with Crippen LogP contribution in [0.2, 0.25) is 0 Å². The minimum absolute atomic E-state index is 0.168. The number of hydrogen-bond acceptors (Lipinski definition) is 2. The van der Waals surface area contributed by atoms with Gasteiger partial charge in [-0.25, -0.2) is 0 Å². The van der Waals surface area contributed by atoms with Gasteiger partial charge in [-0.1, -0.05) is 28.1 Å². The first-order valence-corrected chi connectivity index (χ1v) is 8.27. The third-order valence-corrected chi connectivity index (χ3v) is 3.70. The van der Waals surface area contributed by atoms with Crippen LogP contribution in [0.4, 0.5) is 0 Å². The van der Waals surface area contributed by atoms with Gasteiger partial charge in [-0.15, -0.1) is 0 Å². The molecular formula is C17H28BrNO. The van der Waals surface area contributed by atoms with Crippen molar-refractivity contribution in [2.75, 3.05) is 19.8 Å². The van der Waals surface area contributed by atoms with Gasteiger partial charge in [0.1, 0.15) is 0 Å². The van der Waals surface area contributed by atoms with Crippen LogP contribution in [0, 0.1) is 5.92 Å². The van der Waals surface area contributed by atoms with Gasteiger partial charge in [-0.05, 0) is 70.7 Å². The molecule has 0 saturated carbocycles. The van der Waals surface area contributed by atoms with E-state index in [0.717, 1.165) is 37.1 Å². The van der Waals surface area contributed by atoms with E-state index >= 15 is 0 Å². The molecule has 1 N–H and O–H groups in total. The summed E-state index contributed by atoms with van der Waals surface area (Å²) in [7, 11) is 0. The molecule has 1 rings (SSSR count). The molecule has 1 unspecified atom stereocenters. The molecule has 3 heteroatoms. The zero-order valence-corrected chi connectivity index (χ0v) is 14.8. The van der Waals surface area contributed by atoms with Crippen LogP contribution in [0.5, 0.6) is 0 Å². The summed E-state index contributed by atoms with van der Waals surface area (Å²) in [5.74, 6) is 0.607. The molecule has 0 amide bonds. The van der Waals surface area contributed by atoms with Crippen LogP contribution in [-0.2, 0) is 11.2 Å². The summed E-state index contributed by atoms with van der Waals surface area (Å²) in [6.45, 7) is 11.4. The standard InChI is InChI=1S/C17H28BrNO/c1-5-20-10-9-15(13-19-17(2,3)4)11-14-7-6-8-16(18)12-14/h6-8,12,15,19H,5,9-11,13H2,1-4H3. The van der Waals surface area contributed by atoms with Crippen molar-refractivity contribution in [1.29, 1.82) is 0 Å². The molecule has 114 valence electrons. The van der Waals surface area contributed by atoms with Crippen molar-refractivity contribution >= 4 is 15.9 Å². The SMILES string of the molecule is CCOCCC(CNC(C)(C)C)Cc1cccc(Br)c1. The van der Waals surface area contributed by atoms with Gasteiger partial charge in [0.2, 0.25) is 0 Å². The van der Waals surface area contributed by atoms with Gasteiger partial charge >= 0.3 is 0 Å². The van der Waals surface area contributed by atoms with Crippen molar-refractivity contribution in [3.05, 3.63) is 34.3 Å². The van der Waals surface area contributed by atoms with Crippen molar-refractivity contribution in [2.24, 2.45) is 5.92 Å². The molecule has 0 aliphatic heterocycles. The van der Waals surface area contributed by atoms with Crippen LogP contribution in [0.3, 0.4) is 0 Å². The van der Waals surface area contributed by atoms with Gasteiger partial charge in [0, 0.05) is 23.2 Å². The zero-order chi connectivity index (χ0) is 15.0. The summed E-state index contributed by atoms with van der Waals surface area (Å²) in [6.07, 6.45) is 2.19. The number of hydrogen-bond donors (Lipinski definition) is 1. The maximum Gasteiger partial charge on any atom is 0.0469 e. The molecular weight excluding hydrogens is 314 g/mol. The Bertz CT molecular complexity index is 387. The van der Waals surface area contributed by atoms with Crippen molar-refractivity contribution in [3.63, 3.8) is 0 Å². The van der Waals surface area contributed by atoms with Gasteiger partial charge in [0.05, 0.1) is 0 Å². The minimum Gasteiger partial charge on any atom is -0.382 e. The van der Waals surface area contributed by atoms with Gasteiger partial charge < -0.3 is 10.1 Å². The Kier molecular flexibility index (Phi) is 7.78. The minimum atomic E-state index is 0.168. The van der Waals surface area contributed by atoms with Gasteiger partial charge in [0.25, 0.3) is 0 Å². The fourth-order valence-electron chi connectivity index (χ4n) is 2.12. The highest BCUT2D eigenvalue weighted by Gasteiger charge is 2.15. The lowest BCUT2D eigenvalue weighted by Crippen LogP contribution is -2.39. The Labute approximate surface area is 132 Å². The van der Waals surface area contributed by atoms with Crippen molar-refractivity contribution in [1.82, 2.24) is 5.32 Å². The lowest BCUT2D eigenvalue weighted by Gasteiger charge is -2.25. The van der Waals surface area contributed by atoms with Crippen LogP contribution < -0.4 is 5.32 Å². The summed E-state index contributed by atoms with van der Waals surface area (Å²) in [5.41, 5.74) is 1.55. The van der Waals surface area contributed by atoms with E-state index in [2.05, 4.69) is 73.2 Å². The Morgan fingerprint density at radius 3 is 2.65 bits per heavy atom. The van der Waals surface area contributed by atoms with Gasteiger partial charge in [0.15, 0.2) is 0 Å². The Morgan fingerprint density at radius 1 is 1.30 bits per heavy atom. The lowest BCUT2D eigenvalue weighted by atomic mass is 9.95. The van der Waals surface area contributed by atoms with E-state index in [1.54, 1.807) is 0 Å². The third kappa shape index (κ3) is 8.03. The van der Waals surface area contributed by atoms with Crippen LogP contribution in [0.25, 0.3) is 0 Å². The van der Waals surface area contributed by atoms with Gasteiger partial charge in [-0.2, -0.15) is 0 Å². The molecule has 0 bridgehead atoms. The smallest absolute Gasteiger partial charge is 0.0469 e. The maximum atomic E-state index is 5.52. The zero-order valence-electron chi connectivity index (χ0n) is 13.2. The monoisotopic (exact) mass is 341 g/mol. The summed E-state index contributed by atoms with van der Waals surface area (Å²) < 4.78 is 6.68. The van der Waals surface area contributed by atoms with Crippen LogP contribution in [0.15, 0.2) is 28.7 Å². The quantitative estimate of drug-likeness (QED) is 0.706. The molecule has 20 heavy (non-hydrogen) atoms. The molecule has 2 nitrogen and oxygen atoms in total. The normalized spacial score (nSPS) is 13.4. The lowest BCUT2D eigenvalue weighted by molar-refractivity contribution is 0.130. The molecule has 1 atom stereocenters. The first-order valence-electron chi connectivity index (χ1n) is 7.48. The molecule has 0 fully saturated rings. The molecule has 0 aliphatic rings. The van der Waals surface area contributed by atoms with Crippen molar-refractivity contribution < 1.29 is 4.74 Å². The molecule has 0 radical (unpaired) electrons. The molecule has 0 heterocycles. The fourth-order valence-corrected chi connectivity index (χ4v) is 2.57. The van der Waals surface area contributed by atoms with Crippen molar-refractivity contribution in [2.45, 2.75) is 46.1 Å². The number of rotatable bonds is 8. The number of nitrogens with one attached hydrogen (secondary N) is 1. The second-order valence-corrected chi connectivity index (χ2v) is 7.23. The van der Waals surface area contributed by atoms with Crippen LogP contribution >= 0.6 is 15.9 Å². The number of benzene rings is 1. The highest BCUT2D eigenvalue weighted by molar-refractivity contribution is 9.10. The second-order valence-electron chi connectivity index (χ2n) is 6.32. The largest absolute Gasteiger partial charge is 0.382 e. The predicted octanol–water partition coefficient (Wildman–Crippen LogP) is 4.42. The third-order valence-electron chi connectivity index (χ3n) is 3.21. The topological polar surface area (TPSA) is 21.3 Å². The van der Waals surface area contributed by atoms with E-state index in [1.807, 2.05) is 0 Å². The first kappa shape index (κ1) is 17.7. The molecule has 0 spiro atoms. The summed E-state index contributed by atoms with van der Waals surface area (Å²) in [4.78, 5) is 0.